The topological polar surface area (TPSA) is 60.4 Å². The van der Waals surface area contributed by atoms with Crippen LogP contribution in [0.25, 0.3) is 10.2 Å². The smallest absolute Gasteiger partial charge is 0.301 e. The molecule has 0 N–H and O–H groups in total. The van der Waals surface area contributed by atoms with Crippen molar-refractivity contribution in [1.82, 2.24) is 9.72 Å². The highest BCUT2D eigenvalue weighted by Gasteiger charge is 2.11. The molecule has 0 aliphatic heterocycles. The van der Waals surface area contributed by atoms with Gasteiger partial charge in [0.05, 0.1) is 10.2 Å². The second-order valence-electron chi connectivity index (χ2n) is 4.30. The minimum atomic E-state index is -0.482. The van der Waals surface area contributed by atoms with E-state index in [4.69, 9.17) is 4.52 Å². The van der Waals surface area contributed by atoms with Crippen molar-refractivity contribution in [1.29, 1.82) is 0 Å². The molecule has 1 aromatic carbocycles. The van der Waals surface area contributed by atoms with E-state index in [0.717, 1.165) is 10.2 Å². The van der Waals surface area contributed by atoms with Crippen LogP contribution in [0.4, 0.5) is 4.39 Å². The highest BCUT2D eigenvalue weighted by Crippen LogP contribution is 2.17. The second-order valence-corrected chi connectivity index (χ2v) is 5.30. The van der Waals surface area contributed by atoms with Gasteiger partial charge >= 0.3 is 5.91 Å². The lowest BCUT2D eigenvalue weighted by molar-refractivity contribution is 0.0989. The van der Waals surface area contributed by atoms with Crippen LogP contribution in [0.5, 0.6) is 0 Å². The van der Waals surface area contributed by atoms with E-state index in [1.54, 1.807) is 24.6 Å². The SMILES string of the molecule is Cc1cc(C(=O)N=c2sc3cc(F)ccc3n2C)no1. The summed E-state index contributed by atoms with van der Waals surface area (Å²) in [4.78, 5) is 16.4. The van der Waals surface area contributed by atoms with Crippen LogP contribution in [0, 0.1) is 12.7 Å². The fraction of sp³-hybridized carbons (Fsp3) is 0.154. The monoisotopic (exact) mass is 291 g/mol. The third kappa shape index (κ3) is 2.16. The van der Waals surface area contributed by atoms with Crippen LogP contribution in [0.15, 0.2) is 33.8 Å². The normalized spacial score (nSPS) is 12.2. The van der Waals surface area contributed by atoms with E-state index in [0.29, 0.717) is 10.6 Å². The Balaban J connectivity index is 2.12. The van der Waals surface area contributed by atoms with Crippen molar-refractivity contribution < 1.29 is 13.7 Å². The average molecular weight is 291 g/mol. The van der Waals surface area contributed by atoms with Crippen LogP contribution in [-0.2, 0) is 7.05 Å². The van der Waals surface area contributed by atoms with Crippen molar-refractivity contribution >= 4 is 27.5 Å². The molecule has 102 valence electrons. The Hall–Kier alpha value is -2.28. The second kappa shape index (κ2) is 4.68. The molecule has 3 rings (SSSR count). The molecule has 0 spiro atoms. The van der Waals surface area contributed by atoms with E-state index in [9.17, 15) is 9.18 Å². The fourth-order valence-electron chi connectivity index (χ4n) is 1.83. The number of halogens is 1. The Morgan fingerprint density at radius 1 is 1.45 bits per heavy atom. The van der Waals surface area contributed by atoms with Crippen molar-refractivity contribution in [3.8, 4) is 0 Å². The molecule has 2 aromatic heterocycles. The summed E-state index contributed by atoms with van der Waals surface area (Å²) in [5, 5.41) is 3.63. The molecule has 20 heavy (non-hydrogen) atoms. The molecule has 0 aliphatic carbocycles. The zero-order valence-corrected chi connectivity index (χ0v) is 11.6. The van der Waals surface area contributed by atoms with Crippen molar-refractivity contribution in [2.24, 2.45) is 12.0 Å². The average Bonchev–Trinajstić information content (AvgIpc) is 2.95. The number of hydrogen-bond acceptors (Lipinski definition) is 4. The Labute approximate surface area is 117 Å². The van der Waals surface area contributed by atoms with E-state index >= 15 is 0 Å². The van der Waals surface area contributed by atoms with Crippen molar-refractivity contribution in [3.05, 3.63) is 46.3 Å². The number of carbonyl (C=O) groups excluding carboxylic acids is 1. The number of carbonyl (C=O) groups is 1. The number of fused-ring (bicyclic) bond motifs is 1. The Morgan fingerprint density at radius 3 is 2.95 bits per heavy atom. The number of rotatable bonds is 1. The first-order valence-corrected chi connectivity index (χ1v) is 6.64. The van der Waals surface area contributed by atoms with E-state index in [1.165, 1.54) is 29.5 Å². The van der Waals surface area contributed by atoms with E-state index in [1.807, 2.05) is 0 Å². The van der Waals surface area contributed by atoms with Gasteiger partial charge in [-0.15, -0.1) is 0 Å². The standard InChI is InChI=1S/C13H10FN3O2S/c1-7-5-9(16-19-7)12(18)15-13-17(2)10-4-3-8(14)6-11(10)20-13/h3-6H,1-2H3. The van der Waals surface area contributed by atoms with Crippen LogP contribution < -0.4 is 4.80 Å². The van der Waals surface area contributed by atoms with Crippen LogP contribution in [-0.4, -0.2) is 15.6 Å². The summed E-state index contributed by atoms with van der Waals surface area (Å²) in [5.74, 6) is -0.250. The Kier molecular flexibility index (Phi) is 2.98. The summed E-state index contributed by atoms with van der Waals surface area (Å²) >= 11 is 1.24. The van der Waals surface area contributed by atoms with Crippen LogP contribution >= 0.6 is 11.3 Å². The summed E-state index contributed by atoms with van der Waals surface area (Å²) in [6.07, 6.45) is 0. The molecular weight excluding hydrogens is 281 g/mol. The van der Waals surface area contributed by atoms with E-state index < -0.39 is 5.91 Å². The number of benzene rings is 1. The molecule has 0 unspecified atom stereocenters. The summed E-state index contributed by atoms with van der Waals surface area (Å²) in [7, 11) is 1.77. The quantitative estimate of drug-likeness (QED) is 0.691. The zero-order chi connectivity index (χ0) is 14.3. The number of hydrogen-bond donors (Lipinski definition) is 0. The molecule has 0 radical (unpaired) electrons. The van der Waals surface area contributed by atoms with Gasteiger partial charge in [-0.25, -0.2) is 4.39 Å². The van der Waals surface area contributed by atoms with Gasteiger partial charge in [0.2, 0.25) is 0 Å². The van der Waals surface area contributed by atoms with Gasteiger partial charge in [0.25, 0.3) is 0 Å². The minimum Gasteiger partial charge on any atom is -0.361 e. The molecule has 3 aromatic rings. The first kappa shape index (κ1) is 12.7. The molecule has 0 bridgehead atoms. The fourth-order valence-corrected chi connectivity index (χ4v) is 2.87. The lowest BCUT2D eigenvalue weighted by Gasteiger charge is -1.94. The van der Waals surface area contributed by atoms with Gasteiger partial charge < -0.3 is 9.09 Å². The zero-order valence-electron chi connectivity index (χ0n) is 10.8. The number of aromatic nitrogens is 2. The van der Waals surface area contributed by atoms with Gasteiger partial charge in [-0.1, -0.05) is 16.5 Å². The number of amides is 1. The number of aryl methyl sites for hydroxylation is 2. The third-order valence-electron chi connectivity index (χ3n) is 2.82. The lowest BCUT2D eigenvalue weighted by Crippen LogP contribution is -2.13. The molecule has 0 atom stereocenters. The van der Waals surface area contributed by atoms with Crippen LogP contribution in [0.2, 0.25) is 0 Å². The summed E-state index contributed by atoms with van der Waals surface area (Å²) < 4.78 is 20.5. The molecular formula is C13H10FN3O2S. The molecule has 7 heteroatoms. The summed E-state index contributed by atoms with van der Waals surface area (Å²) in [5.41, 5.74) is 0.977. The molecule has 0 saturated heterocycles. The maximum absolute atomic E-state index is 13.2. The molecule has 2 heterocycles. The first-order chi connectivity index (χ1) is 9.54. The maximum Gasteiger partial charge on any atom is 0.301 e. The predicted molar refractivity (Wildman–Crippen MR) is 71.9 cm³/mol. The van der Waals surface area contributed by atoms with Crippen molar-refractivity contribution in [3.63, 3.8) is 0 Å². The van der Waals surface area contributed by atoms with Gasteiger partial charge in [0, 0.05) is 13.1 Å². The van der Waals surface area contributed by atoms with Gasteiger partial charge in [-0.3, -0.25) is 4.79 Å². The summed E-state index contributed by atoms with van der Waals surface area (Å²) in [6, 6.07) is 5.98. The van der Waals surface area contributed by atoms with E-state index in [2.05, 4.69) is 10.1 Å². The molecule has 0 fully saturated rings. The van der Waals surface area contributed by atoms with Crippen molar-refractivity contribution in [2.75, 3.05) is 0 Å². The van der Waals surface area contributed by atoms with Gasteiger partial charge in [-0.2, -0.15) is 4.99 Å². The number of nitrogens with zero attached hydrogens (tertiary/aromatic N) is 3. The van der Waals surface area contributed by atoms with Crippen LogP contribution in [0.3, 0.4) is 0 Å². The van der Waals surface area contributed by atoms with Crippen LogP contribution in [0.1, 0.15) is 16.2 Å². The number of thiazole rings is 1. The lowest BCUT2D eigenvalue weighted by atomic mass is 10.3. The highest BCUT2D eigenvalue weighted by atomic mass is 32.1. The van der Waals surface area contributed by atoms with Gasteiger partial charge in [0.1, 0.15) is 11.6 Å². The summed E-state index contributed by atoms with van der Waals surface area (Å²) in [6.45, 7) is 1.70. The largest absolute Gasteiger partial charge is 0.361 e. The molecule has 5 nitrogen and oxygen atoms in total. The highest BCUT2D eigenvalue weighted by molar-refractivity contribution is 7.16. The minimum absolute atomic E-state index is 0.158. The van der Waals surface area contributed by atoms with Crippen molar-refractivity contribution in [2.45, 2.75) is 6.92 Å². The molecule has 0 aliphatic rings. The Bertz CT molecular complexity index is 875. The maximum atomic E-state index is 13.2. The van der Waals surface area contributed by atoms with E-state index in [-0.39, 0.29) is 11.5 Å². The first-order valence-electron chi connectivity index (χ1n) is 5.82. The third-order valence-corrected chi connectivity index (χ3v) is 3.91. The predicted octanol–water partition coefficient (Wildman–Crippen LogP) is 2.42. The van der Waals surface area contributed by atoms with Gasteiger partial charge in [0.15, 0.2) is 10.5 Å². The van der Waals surface area contributed by atoms with Gasteiger partial charge in [-0.05, 0) is 25.1 Å². The molecule has 1 amide bonds. The molecule has 0 saturated carbocycles. The Morgan fingerprint density at radius 2 is 2.25 bits per heavy atom.